The highest BCUT2D eigenvalue weighted by molar-refractivity contribution is 6.35. The van der Waals surface area contributed by atoms with Gasteiger partial charge in [0.2, 0.25) is 0 Å². The molecule has 5 rings (SSSR count). The van der Waals surface area contributed by atoms with Gasteiger partial charge in [0.25, 0.3) is 0 Å². The number of imidazole rings is 1. The number of hydrogen-bond acceptors (Lipinski definition) is 3. The van der Waals surface area contributed by atoms with Crippen LogP contribution in [0.2, 0.25) is 5.02 Å². The van der Waals surface area contributed by atoms with Gasteiger partial charge in [-0.3, -0.25) is 9.67 Å². The molecule has 0 saturated heterocycles. The Labute approximate surface area is 156 Å². The highest BCUT2D eigenvalue weighted by Gasteiger charge is 2.44. The fraction of sp³-hybridized carbons (Fsp3) is 0.278. The summed E-state index contributed by atoms with van der Waals surface area (Å²) in [5.41, 5.74) is 0.761. The van der Waals surface area contributed by atoms with Gasteiger partial charge in [-0.2, -0.15) is 18.3 Å². The molecule has 3 aromatic heterocycles. The molecule has 0 bridgehead atoms. The largest absolute Gasteiger partial charge is 0.433 e. The van der Waals surface area contributed by atoms with Crippen molar-refractivity contribution in [2.24, 2.45) is 0 Å². The number of nitrogens with one attached hydrogen (secondary N) is 1. The van der Waals surface area contributed by atoms with Crippen LogP contribution >= 0.6 is 11.6 Å². The van der Waals surface area contributed by atoms with Crippen molar-refractivity contribution in [2.75, 3.05) is 0 Å². The lowest BCUT2D eigenvalue weighted by Gasteiger charge is -2.14. The molecular weight excluding hydrogens is 379 g/mol. The van der Waals surface area contributed by atoms with Crippen molar-refractivity contribution in [3.8, 4) is 5.69 Å². The van der Waals surface area contributed by atoms with Gasteiger partial charge < -0.3 is 0 Å². The summed E-state index contributed by atoms with van der Waals surface area (Å²) in [6, 6.07) is 5.85. The standard InChI is InChI=1S/C18H13ClF3N5/c1-17(4-5-17)16-24-12-2-3-13(18(20,21)22)25-15(12)27(16)10-6-9-8-23-26-14(9)11(19)7-10/h2-3,6-8H,4-5H2,1H3,(H,23,26). The van der Waals surface area contributed by atoms with E-state index in [0.717, 1.165) is 24.3 Å². The fourth-order valence-electron chi connectivity index (χ4n) is 3.30. The van der Waals surface area contributed by atoms with Gasteiger partial charge in [0.15, 0.2) is 5.65 Å². The van der Waals surface area contributed by atoms with Gasteiger partial charge in [0, 0.05) is 10.8 Å². The lowest BCUT2D eigenvalue weighted by atomic mass is 10.1. The van der Waals surface area contributed by atoms with Crippen molar-refractivity contribution < 1.29 is 13.2 Å². The van der Waals surface area contributed by atoms with Gasteiger partial charge in [0.1, 0.15) is 17.0 Å². The SMILES string of the molecule is CC1(c2nc3ccc(C(F)(F)F)nc3n2-c2cc(Cl)c3[nH]ncc3c2)CC1. The quantitative estimate of drug-likeness (QED) is 0.522. The lowest BCUT2D eigenvalue weighted by molar-refractivity contribution is -0.141. The molecule has 1 saturated carbocycles. The number of halogens is 4. The van der Waals surface area contributed by atoms with Crippen LogP contribution in [-0.4, -0.2) is 24.7 Å². The van der Waals surface area contributed by atoms with E-state index in [4.69, 9.17) is 11.6 Å². The zero-order chi connectivity index (χ0) is 19.0. The molecule has 27 heavy (non-hydrogen) atoms. The summed E-state index contributed by atoms with van der Waals surface area (Å²) in [4.78, 5) is 8.50. The maximum atomic E-state index is 13.2. The molecule has 5 nitrogen and oxygen atoms in total. The number of aromatic nitrogens is 5. The van der Waals surface area contributed by atoms with Crippen molar-refractivity contribution in [3.05, 3.63) is 47.0 Å². The first-order chi connectivity index (χ1) is 12.8. The maximum absolute atomic E-state index is 13.2. The number of benzene rings is 1. The number of H-pyrrole nitrogens is 1. The highest BCUT2D eigenvalue weighted by atomic mass is 35.5. The monoisotopic (exact) mass is 391 g/mol. The Balaban J connectivity index is 1.84. The summed E-state index contributed by atoms with van der Waals surface area (Å²) >= 11 is 6.35. The van der Waals surface area contributed by atoms with Crippen LogP contribution in [0, 0.1) is 0 Å². The summed E-state index contributed by atoms with van der Waals surface area (Å²) in [7, 11) is 0. The highest BCUT2D eigenvalue weighted by Crippen LogP contribution is 2.48. The van der Waals surface area contributed by atoms with Crippen LogP contribution in [0.5, 0.6) is 0 Å². The van der Waals surface area contributed by atoms with Crippen LogP contribution in [0.15, 0.2) is 30.5 Å². The van der Waals surface area contributed by atoms with Crippen molar-refractivity contribution in [1.82, 2.24) is 24.7 Å². The second kappa shape index (κ2) is 5.22. The Morgan fingerprint density at radius 1 is 1.19 bits per heavy atom. The Morgan fingerprint density at radius 2 is 1.96 bits per heavy atom. The summed E-state index contributed by atoms with van der Waals surface area (Å²) in [6.07, 6.45) is -1.07. The normalized spacial score (nSPS) is 16.3. The molecule has 0 unspecified atom stereocenters. The first-order valence-electron chi connectivity index (χ1n) is 8.36. The van der Waals surface area contributed by atoms with E-state index in [-0.39, 0.29) is 11.1 Å². The number of hydrogen-bond donors (Lipinski definition) is 1. The zero-order valence-electron chi connectivity index (χ0n) is 14.1. The Hall–Kier alpha value is -2.61. The fourth-order valence-corrected chi connectivity index (χ4v) is 3.57. The second-order valence-electron chi connectivity index (χ2n) is 7.13. The zero-order valence-corrected chi connectivity index (χ0v) is 14.9. The van der Waals surface area contributed by atoms with Crippen LogP contribution in [-0.2, 0) is 11.6 Å². The van der Waals surface area contributed by atoms with Gasteiger partial charge in [0.05, 0.1) is 22.4 Å². The third-order valence-electron chi connectivity index (χ3n) is 5.08. The molecule has 4 aromatic rings. The first-order valence-corrected chi connectivity index (χ1v) is 8.74. The van der Waals surface area contributed by atoms with Gasteiger partial charge in [-0.15, -0.1) is 0 Å². The molecule has 0 aliphatic heterocycles. The molecule has 1 N–H and O–H groups in total. The number of pyridine rings is 1. The van der Waals surface area contributed by atoms with Gasteiger partial charge in [-0.05, 0) is 37.1 Å². The summed E-state index contributed by atoms with van der Waals surface area (Å²) < 4.78 is 41.3. The van der Waals surface area contributed by atoms with E-state index in [9.17, 15) is 13.2 Å². The molecule has 0 spiro atoms. The van der Waals surface area contributed by atoms with Crippen LogP contribution < -0.4 is 0 Å². The minimum atomic E-state index is -4.53. The van der Waals surface area contributed by atoms with Crippen molar-refractivity contribution >= 4 is 33.7 Å². The van der Waals surface area contributed by atoms with Gasteiger partial charge in [-0.25, -0.2) is 9.97 Å². The summed E-state index contributed by atoms with van der Waals surface area (Å²) in [5, 5.41) is 7.98. The first kappa shape index (κ1) is 16.6. The van der Waals surface area contributed by atoms with Crippen molar-refractivity contribution in [1.29, 1.82) is 0 Å². The molecule has 138 valence electrons. The molecule has 1 aromatic carbocycles. The third-order valence-corrected chi connectivity index (χ3v) is 5.38. The molecule has 3 heterocycles. The maximum Gasteiger partial charge on any atom is 0.433 e. The topological polar surface area (TPSA) is 59.4 Å². The third kappa shape index (κ3) is 2.50. The molecule has 9 heteroatoms. The minimum absolute atomic E-state index is 0.173. The van der Waals surface area contributed by atoms with Gasteiger partial charge in [-0.1, -0.05) is 18.5 Å². The minimum Gasteiger partial charge on any atom is -0.280 e. The molecule has 0 radical (unpaired) electrons. The van der Waals surface area contributed by atoms with Crippen molar-refractivity contribution in [3.63, 3.8) is 0 Å². The Morgan fingerprint density at radius 3 is 2.67 bits per heavy atom. The van der Waals surface area contributed by atoms with E-state index in [1.165, 1.54) is 6.07 Å². The molecular formula is C18H13ClF3N5. The van der Waals surface area contributed by atoms with E-state index >= 15 is 0 Å². The summed E-state index contributed by atoms with van der Waals surface area (Å²) in [5.74, 6) is 0.697. The van der Waals surface area contributed by atoms with Crippen LogP contribution in [0.1, 0.15) is 31.3 Å². The number of nitrogens with zero attached hydrogens (tertiary/aromatic N) is 4. The van der Waals surface area contributed by atoms with Crippen LogP contribution in [0.25, 0.3) is 27.8 Å². The van der Waals surface area contributed by atoms with Crippen LogP contribution in [0.4, 0.5) is 13.2 Å². The van der Waals surface area contributed by atoms with E-state index in [2.05, 4.69) is 20.2 Å². The van der Waals surface area contributed by atoms with E-state index < -0.39 is 11.9 Å². The Bertz CT molecular complexity index is 1200. The predicted molar refractivity (Wildman–Crippen MR) is 95.1 cm³/mol. The smallest absolute Gasteiger partial charge is 0.280 e. The molecule has 1 aliphatic rings. The average Bonchev–Trinajstić information content (AvgIpc) is 3.05. The average molecular weight is 392 g/mol. The van der Waals surface area contributed by atoms with E-state index in [1.807, 2.05) is 13.0 Å². The molecule has 1 fully saturated rings. The number of fused-ring (bicyclic) bond motifs is 2. The molecule has 0 amide bonds. The number of alkyl halides is 3. The predicted octanol–water partition coefficient (Wildman–Crippen LogP) is 5.02. The summed E-state index contributed by atoms with van der Waals surface area (Å²) in [6.45, 7) is 2.05. The van der Waals surface area contributed by atoms with Gasteiger partial charge >= 0.3 is 6.18 Å². The lowest BCUT2D eigenvalue weighted by Crippen LogP contribution is -2.12. The molecule has 1 aliphatic carbocycles. The van der Waals surface area contributed by atoms with Crippen LogP contribution in [0.3, 0.4) is 0 Å². The van der Waals surface area contributed by atoms with E-state index in [0.29, 0.717) is 27.6 Å². The molecule has 0 atom stereocenters. The van der Waals surface area contributed by atoms with Crippen molar-refractivity contribution in [2.45, 2.75) is 31.4 Å². The number of aromatic amines is 1. The van der Waals surface area contributed by atoms with E-state index in [1.54, 1.807) is 16.8 Å². The number of rotatable bonds is 2. The Kier molecular flexibility index (Phi) is 3.20. The second-order valence-corrected chi connectivity index (χ2v) is 7.54.